The first-order chi connectivity index (χ1) is 8.14. The Kier molecular flexibility index (Phi) is 4.22. The highest BCUT2D eigenvalue weighted by Gasteiger charge is 2.36. The molecule has 0 heterocycles. The predicted molar refractivity (Wildman–Crippen MR) is 57.2 cm³/mol. The molecule has 0 aliphatic carbocycles. The minimum absolute atomic E-state index is 0.0393. The van der Waals surface area contributed by atoms with Gasteiger partial charge in [-0.2, -0.15) is 39.0 Å². The van der Waals surface area contributed by atoms with Crippen LogP contribution in [0.5, 0.6) is 0 Å². The van der Waals surface area contributed by atoms with Crippen molar-refractivity contribution in [3.8, 4) is 11.8 Å². The van der Waals surface area contributed by atoms with Gasteiger partial charge in [-0.3, -0.25) is 0 Å². The van der Waals surface area contributed by atoms with E-state index >= 15 is 0 Å². The maximum Gasteiger partial charge on any atom is 0.416 e. The number of alkyl halides is 6. The van der Waals surface area contributed by atoms with Crippen LogP contribution < -0.4 is 0 Å². The van der Waals surface area contributed by atoms with Gasteiger partial charge in [0.25, 0.3) is 0 Å². The van der Waals surface area contributed by atoms with E-state index in [-0.39, 0.29) is 17.4 Å². The topological polar surface area (TPSA) is 0 Å². The van der Waals surface area contributed by atoms with E-state index in [1.165, 1.54) is 0 Å². The molecule has 0 fully saturated rings. The summed E-state index contributed by atoms with van der Waals surface area (Å²) >= 11 is 3.70. The molecule has 0 saturated carbocycles. The molecule has 0 bridgehead atoms. The van der Waals surface area contributed by atoms with Crippen molar-refractivity contribution in [3.63, 3.8) is 0 Å². The molecule has 0 amide bonds. The van der Waals surface area contributed by atoms with E-state index in [4.69, 9.17) is 0 Å². The van der Waals surface area contributed by atoms with Crippen molar-refractivity contribution >= 4 is 12.6 Å². The van der Waals surface area contributed by atoms with Crippen molar-refractivity contribution in [1.29, 1.82) is 0 Å². The Labute approximate surface area is 104 Å². The Morgan fingerprint density at radius 3 is 1.67 bits per heavy atom. The molecule has 1 aromatic carbocycles. The largest absolute Gasteiger partial charge is 0.416 e. The number of rotatable bonds is 0. The zero-order valence-corrected chi connectivity index (χ0v) is 9.55. The minimum atomic E-state index is -4.85. The second-order valence-corrected chi connectivity index (χ2v) is 3.57. The van der Waals surface area contributed by atoms with Gasteiger partial charge in [0, 0.05) is 5.56 Å². The summed E-state index contributed by atoms with van der Waals surface area (Å²) in [5, 5.41) is 0. The highest BCUT2D eigenvalue weighted by atomic mass is 32.1. The summed E-state index contributed by atoms with van der Waals surface area (Å²) < 4.78 is 74.6. The minimum Gasteiger partial charge on any atom is -0.166 e. The molecule has 1 aromatic rings. The SMILES string of the molecule is FC(F)(F)c1cc(C#CCS)cc(C(F)(F)F)c1. The number of thiol groups is 1. The lowest BCUT2D eigenvalue weighted by molar-refractivity contribution is -0.143. The normalized spacial score (nSPS) is 11.9. The number of hydrogen-bond acceptors (Lipinski definition) is 1. The molecule has 0 aromatic heterocycles. The summed E-state index contributed by atoms with van der Waals surface area (Å²) in [6.45, 7) is 0. The number of halogens is 6. The van der Waals surface area contributed by atoms with Crippen molar-refractivity contribution in [3.05, 3.63) is 34.9 Å². The van der Waals surface area contributed by atoms with Gasteiger partial charge in [-0.05, 0) is 18.2 Å². The molecule has 0 unspecified atom stereocenters. The van der Waals surface area contributed by atoms with Crippen LogP contribution in [0.4, 0.5) is 26.3 Å². The van der Waals surface area contributed by atoms with Crippen molar-refractivity contribution in [2.24, 2.45) is 0 Å². The van der Waals surface area contributed by atoms with Gasteiger partial charge in [0.2, 0.25) is 0 Å². The summed E-state index contributed by atoms with van der Waals surface area (Å²) in [6.07, 6.45) is -9.70. The monoisotopic (exact) mass is 284 g/mol. The smallest absolute Gasteiger partial charge is 0.166 e. The molecule has 0 aliphatic rings. The van der Waals surface area contributed by atoms with Gasteiger partial charge in [0.1, 0.15) is 0 Å². The molecule has 7 heteroatoms. The highest BCUT2D eigenvalue weighted by Crippen LogP contribution is 2.36. The quantitative estimate of drug-likeness (QED) is 0.415. The lowest BCUT2D eigenvalue weighted by atomic mass is 10.1. The van der Waals surface area contributed by atoms with Crippen LogP contribution in [0.1, 0.15) is 16.7 Å². The third kappa shape index (κ3) is 3.88. The van der Waals surface area contributed by atoms with E-state index in [2.05, 4.69) is 24.5 Å². The van der Waals surface area contributed by atoms with Gasteiger partial charge in [-0.25, -0.2) is 0 Å². The fourth-order valence-corrected chi connectivity index (χ4v) is 1.25. The van der Waals surface area contributed by atoms with Crippen molar-refractivity contribution in [2.45, 2.75) is 12.4 Å². The van der Waals surface area contributed by atoms with Crippen LogP contribution in [0.2, 0.25) is 0 Å². The molecule has 0 spiro atoms. The molecule has 0 nitrogen and oxygen atoms in total. The first-order valence-corrected chi connectivity index (χ1v) is 5.17. The number of benzene rings is 1. The van der Waals surface area contributed by atoms with E-state index in [0.29, 0.717) is 12.1 Å². The van der Waals surface area contributed by atoms with Gasteiger partial charge in [0.05, 0.1) is 16.9 Å². The van der Waals surface area contributed by atoms with Gasteiger partial charge in [-0.15, -0.1) is 0 Å². The number of hydrogen-bond donors (Lipinski definition) is 1. The molecular weight excluding hydrogens is 278 g/mol. The van der Waals surface area contributed by atoms with E-state index in [9.17, 15) is 26.3 Å². The summed E-state index contributed by atoms with van der Waals surface area (Å²) in [5.41, 5.74) is -3.09. The molecule has 1 rings (SSSR count). The zero-order valence-electron chi connectivity index (χ0n) is 8.65. The molecule has 0 aliphatic heterocycles. The maximum atomic E-state index is 12.4. The van der Waals surface area contributed by atoms with E-state index in [1.807, 2.05) is 0 Å². The molecule has 0 N–H and O–H groups in total. The predicted octanol–water partition coefficient (Wildman–Crippen LogP) is 4.01. The van der Waals surface area contributed by atoms with E-state index in [0.717, 1.165) is 0 Å². The molecular formula is C11H6F6S. The van der Waals surface area contributed by atoms with Crippen molar-refractivity contribution < 1.29 is 26.3 Å². The third-order valence-electron chi connectivity index (χ3n) is 1.90. The van der Waals surface area contributed by atoms with E-state index in [1.54, 1.807) is 0 Å². The molecule has 98 valence electrons. The second-order valence-electron chi connectivity index (χ2n) is 3.25. The van der Waals surface area contributed by atoms with Gasteiger partial charge >= 0.3 is 12.4 Å². The van der Waals surface area contributed by atoms with Crippen LogP contribution in [-0.2, 0) is 12.4 Å². The lowest BCUT2D eigenvalue weighted by Gasteiger charge is -2.12. The first kappa shape index (κ1) is 14.8. The Morgan fingerprint density at radius 2 is 1.33 bits per heavy atom. The van der Waals surface area contributed by atoms with Crippen LogP contribution in [0.3, 0.4) is 0 Å². The molecule has 0 radical (unpaired) electrons. The van der Waals surface area contributed by atoms with Crippen LogP contribution >= 0.6 is 12.6 Å². The Hall–Kier alpha value is -1.29. The van der Waals surface area contributed by atoms with E-state index < -0.39 is 23.5 Å². The lowest BCUT2D eigenvalue weighted by Crippen LogP contribution is -2.11. The van der Waals surface area contributed by atoms with Gasteiger partial charge in [-0.1, -0.05) is 11.8 Å². The standard InChI is InChI=1S/C11H6F6S/c12-10(13,14)8-4-7(2-1-3-18)5-9(6-8)11(15,16)17/h4-6,18H,3H2. The van der Waals surface area contributed by atoms with Gasteiger partial charge in [0.15, 0.2) is 0 Å². The Bertz CT molecular complexity index is 457. The molecule has 0 saturated heterocycles. The second kappa shape index (κ2) is 5.14. The average molecular weight is 284 g/mol. The molecule has 18 heavy (non-hydrogen) atoms. The average Bonchev–Trinajstić information content (AvgIpc) is 2.23. The summed E-state index contributed by atoms with van der Waals surface area (Å²) in [6, 6.07) is 1.21. The van der Waals surface area contributed by atoms with Crippen molar-refractivity contribution in [2.75, 3.05) is 5.75 Å². The van der Waals surface area contributed by atoms with Crippen LogP contribution in [-0.4, -0.2) is 5.75 Å². The van der Waals surface area contributed by atoms with Gasteiger partial charge < -0.3 is 0 Å². The van der Waals surface area contributed by atoms with Crippen LogP contribution in [0.25, 0.3) is 0 Å². The van der Waals surface area contributed by atoms with Crippen molar-refractivity contribution in [1.82, 2.24) is 0 Å². The summed E-state index contributed by atoms with van der Waals surface area (Å²) in [5.74, 6) is 4.53. The zero-order chi connectivity index (χ0) is 14.0. The summed E-state index contributed by atoms with van der Waals surface area (Å²) in [4.78, 5) is 0. The Morgan fingerprint density at radius 1 is 0.889 bits per heavy atom. The molecule has 0 atom stereocenters. The Balaban J connectivity index is 3.39. The summed E-state index contributed by atoms with van der Waals surface area (Å²) in [7, 11) is 0. The first-order valence-electron chi connectivity index (χ1n) is 4.54. The fraction of sp³-hybridized carbons (Fsp3) is 0.273. The fourth-order valence-electron chi connectivity index (χ4n) is 1.17. The van der Waals surface area contributed by atoms with Crippen LogP contribution in [0, 0.1) is 11.8 Å². The van der Waals surface area contributed by atoms with Crippen LogP contribution in [0.15, 0.2) is 18.2 Å². The third-order valence-corrected chi connectivity index (χ3v) is 2.06. The maximum absolute atomic E-state index is 12.4. The highest BCUT2D eigenvalue weighted by molar-refractivity contribution is 7.80.